The molecule has 0 radical (unpaired) electrons. The molecule has 0 atom stereocenters. The van der Waals surface area contributed by atoms with E-state index in [9.17, 15) is 65.9 Å². The number of rotatable bonds is 4. The molecule has 0 saturated heterocycles. The summed E-state index contributed by atoms with van der Waals surface area (Å²) in [4.78, 5) is 75.8. The van der Waals surface area contributed by atoms with E-state index in [2.05, 4.69) is 0 Å². The SMILES string of the molecule is C/C([O-])=C/C(=O)C(F)(F)F.CC(=O)/C=C(/C)[O-].CC(=O)/C=C(/C)[O-].CC(=O)/C=C(\[O-])C(F)(F)F.O=C([O-])C(=O)O.O=C([O-])C(=O)O.[Sr+2].[Sr+2].[Sr+2]. The largest absolute Gasteiger partial charge is 2.00 e. The van der Waals surface area contributed by atoms with E-state index >= 15 is 0 Å². The molecule has 25 heteroatoms. The Morgan fingerprint density at radius 3 is 0.694 bits per heavy atom. The van der Waals surface area contributed by atoms with Crippen molar-refractivity contribution in [3.8, 4) is 0 Å². The van der Waals surface area contributed by atoms with Gasteiger partial charge in [0.25, 0.3) is 5.78 Å². The van der Waals surface area contributed by atoms with Crippen LogP contribution in [0.4, 0.5) is 26.3 Å². The molecule has 0 saturated carbocycles. The fraction of sp³-hybridized carbons (Fsp3) is 0.333. The van der Waals surface area contributed by atoms with E-state index < -0.39 is 59.3 Å². The maximum Gasteiger partial charge on any atom is 2.00 e. The van der Waals surface area contributed by atoms with Gasteiger partial charge in [0.05, 0.1) is 0 Å². The van der Waals surface area contributed by atoms with E-state index in [1.807, 2.05) is 0 Å². The van der Waals surface area contributed by atoms with Crippen LogP contribution >= 0.6 is 0 Å². The Labute approximate surface area is 384 Å². The summed E-state index contributed by atoms with van der Waals surface area (Å²) in [5.74, 6) is -14.8. The van der Waals surface area contributed by atoms with Crippen LogP contribution in [0.5, 0.6) is 0 Å². The topological polar surface area (TPSA) is 315 Å². The second-order valence-corrected chi connectivity index (χ2v) is 7.15. The Kier molecular flexibility index (Phi) is 53.9. The summed E-state index contributed by atoms with van der Waals surface area (Å²) >= 11 is 0. The molecule has 2 N–H and O–H groups in total. The van der Waals surface area contributed by atoms with Crippen molar-refractivity contribution in [3.05, 3.63) is 47.3 Å². The molecular weight excluding hydrogens is 921 g/mol. The third kappa shape index (κ3) is 77.5. The van der Waals surface area contributed by atoms with Crippen molar-refractivity contribution in [1.29, 1.82) is 0 Å². The first-order valence-corrected chi connectivity index (χ1v) is 10.7. The molecule has 0 aromatic heterocycles. The molecule has 0 aliphatic rings. The average molecular weight is 945 g/mol. The van der Waals surface area contributed by atoms with Crippen molar-refractivity contribution >= 4 is 183 Å². The van der Waals surface area contributed by atoms with Gasteiger partial charge in [-0.05, 0) is 50.8 Å². The van der Waals surface area contributed by atoms with E-state index in [0.717, 1.165) is 26.0 Å². The van der Waals surface area contributed by atoms with E-state index in [1.54, 1.807) is 0 Å². The van der Waals surface area contributed by atoms with Gasteiger partial charge < -0.3 is 50.4 Å². The number of carbonyl (C=O) groups excluding carboxylic acids is 6. The second-order valence-electron chi connectivity index (χ2n) is 7.15. The van der Waals surface area contributed by atoms with Crippen LogP contribution < -0.4 is 30.6 Å². The molecule has 0 unspecified atom stereocenters. The average Bonchev–Trinajstić information content (AvgIpc) is 2.77. The third-order valence-corrected chi connectivity index (χ3v) is 2.39. The summed E-state index contributed by atoms with van der Waals surface area (Å²) in [6, 6.07) is 0. The van der Waals surface area contributed by atoms with Crippen LogP contribution in [0.2, 0.25) is 0 Å². The third-order valence-electron chi connectivity index (χ3n) is 2.39. The maximum absolute atomic E-state index is 11.3. The molecule has 49 heavy (non-hydrogen) atoms. The van der Waals surface area contributed by atoms with Crippen molar-refractivity contribution in [2.45, 2.75) is 53.9 Å². The minimum absolute atomic E-state index is 0. The van der Waals surface area contributed by atoms with E-state index in [1.165, 1.54) is 27.7 Å². The van der Waals surface area contributed by atoms with Gasteiger partial charge in [0.15, 0.2) is 29.3 Å². The number of carboxylic acids is 4. The van der Waals surface area contributed by atoms with Gasteiger partial charge in [0.1, 0.15) is 0 Å². The molecule has 0 aliphatic carbocycles. The number of ketones is 4. The van der Waals surface area contributed by atoms with Crippen molar-refractivity contribution in [1.82, 2.24) is 0 Å². The fourth-order valence-electron chi connectivity index (χ4n) is 1.11. The first-order valence-electron chi connectivity index (χ1n) is 10.7. The van der Waals surface area contributed by atoms with Crippen LogP contribution in [-0.2, 0) is 38.4 Å². The quantitative estimate of drug-likeness (QED) is 0.0876. The van der Waals surface area contributed by atoms with Gasteiger partial charge in [-0.2, -0.15) is 26.3 Å². The Morgan fingerprint density at radius 1 is 0.449 bits per heavy atom. The second kappa shape index (κ2) is 38.0. The summed E-state index contributed by atoms with van der Waals surface area (Å²) < 4.78 is 67.7. The van der Waals surface area contributed by atoms with Gasteiger partial charge >= 0.3 is 161 Å². The Balaban J connectivity index is -0.0000000560. The molecule has 0 bridgehead atoms. The molecule has 264 valence electrons. The van der Waals surface area contributed by atoms with Gasteiger partial charge in [-0.3, -0.25) is 19.2 Å². The Hall–Kier alpha value is -1.26. The first-order chi connectivity index (χ1) is 20.2. The predicted molar refractivity (Wildman–Crippen MR) is 141 cm³/mol. The zero-order valence-corrected chi connectivity index (χ0v) is 36.7. The monoisotopic (exact) mass is 946 g/mol. The van der Waals surface area contributed by atoms with Gasteiger partial charge in [0.2, 0.25) is 0 Å². The zero-order valence-electron chi connectivity index (χ0n) is 26.3. The van der Waals surface area contributed by atoms with Gasteiger partial charge in [-0.25, -0.2) is 9.59 Å². The van der Waals surface area contributed by atoms with Crippen LogP contribution in [0.15, 0.2) is 47.3 Å². The summed E-state index contributed by atoms with van der Waals surface area (Å²) in [6.07, 6.45) is -7.71. The predicted octanol–water partition coefficient (Wildman–Crippen LogP) is -5.06. The molecule has 16 nitrogen and oxygen atoms in total. The molecule has 0 aromatic rings. The molecule has 0 rings (SSSR count). The van der Waals surface area contributed by atoms with E-state index in [0.29, 0.717) is 0 Å². The minimum Gasteiger partial charge on any atom is -0.876 e. The molecule has 0 aliphatic heterocycles. The zero-order chi connectivity index (χ0) is 38.8. The van der Waals surface area contributed by atoms with Crippen molar-refractivity contribution in [2.75, 3.05) is 0 Å². The minimum atomic E-state index is -4.92. The summed E-state index contributed by atoms with van der Waals surface area (Å²) in [5.41, 5.74) is 0. The van der Waals surface area contributed by atoms with Gasteiger partial charge in [0, 0.05) is 0 Å². The molecule has 0 fully saturated rings. The normalized spacial score (nSPS) is 10.5. The smallest absolute Gasteiger partial charge is 0.876 e. The number of halogens is 6. The summed E-state index contributed by atoms with van der Waals surface area (Å²) in [6.45, 7) is 7.15. The number of hydrogen-bond acceptors (Lipinski definition) is 14. The molecular formula is C24H24F6O16Sr3. The number of alkyl halides is 6. The first kappa shape index (κ1) is 69.5. The van der Waals surface area contributed by atoms with Crippen LogP contribution in [0, 0.1) is 0 Å². The van der Waals surface area contributed by atoms with E-state index in [-0.39, 0.29) is 172 Å². The Morgan fingerprint density at radius 2 is 0.653 bits per heavy atom. The van der Waals surface area contributed by atoms with Crippen LogP contribution in [0.1, 0.15) is 41.5 Å². The fourth-order valence-corrected chi connectivity index (χ4v) is 1.11. The van der Waals surface area contributed by atoms with Crippen molar-refractivity contribution in [3.63, 3.8) is 0 Å². The molecule has 0 spiro atoms. The number of hydrogen-bond donors (Lipinski definition) is 2. The molecule has 0 amide bonds. The van der Waals surface area contributed by atoms with Crippen molar-refractivity contribution in [2.24, 2.45) is 0 Å². The van der Waals surface area contributed by atoms with Crippen molar-refractivity contribution < 1.29 is 106 Å². The summed E-state index contributed by atoms with van der Waals surface area (Å²) in [7, 11) is 0. The van der Waals surface area contributed by atoms with Crippen LogP contribution in [-0.4, -0.2) is 206 Å². The van der Waals surface area contributed by atoms with Crippen LogP contribution in [0.25, 0.3) is 0 Å². The van der Waals surface area contributed by atoms with Crippen LogP contribution in [0.3, 0.4) is 0 Å². The maximum atomic E-state index is 11.3. The standard InChI is InChI=1S/2C5H5F3O2.2C5H8O2.2C2H2O4.3Sr/c2*1-3(9)2-4(10)5(6,7)8;2*1-4(6)3-5(2)7;2*3-1(4)2(5)6;;;/h2,10H,1H3;2,9H,1H3;2*3,6H,1-2H3;2*(H,3,4)(H,5,6);;;/q;;;;;;3*+2/p-6/b4-2-;3-2-;2*4-3-;;;;;. The molecule has 0 heterocycles. The number of carbonyl (C=O) groups is 8. The van der Waals surface area contributed by atoms with Gasteiger partial charge in [-0.1, -0.05) is 20.8 Å². The summed E-state index contributed by atoms with van der Waals surface area (Å²) in [5, 5.41) is 72.4. The van der Waals surface area contributed by atoms with Gasteiger partial charge in [-0.15, -0.1) is 17.3 Å². The number of aliphatic carboxylic acids is 4. The number of carboxylic acid groups (broad SMARTS) is 4. The Bertz CT molecular complexity index is 1120. The number of allylic oxidation sites excluding steroid dienone is 8. The van der Waals surface area contributed by atoms with E-state index in [4.69, 9.17) is 39.6 Å². The molecule has 0 aromatic carbocycles.